The second-order valence-electron chi connectivity index (χ2n) is 5.18. The molecule has 0 aliphatic carbocycles. The molecule has 22 heavy (non-hydrogen) atoms. The Bertz CT molecular complexity index is 683. The Kier molecular flexibility index (Phi) is 4.10. The highest BCUT2D eigenvalue weighted by Crippen LogP contribution is 2.21. The molecule has 0 saturated heterocycles. The zero-order chi connectivity index (χ0) is 15.7. The number of hydrogen-bond acceptors (Lipinski definition) is 7. The lowest BCUT2D eigenvalue weighted by molar-refractivity contribution is 0.0747. The van der Waals surface area contributed by atoms with Gasteiger partial charge >= 0.3 is 0 Å². The second-order valence-corrected chi connectivity index (χ2v) is 5.80. The van der Waals surface area contributed by atoms with Crippen molar-refractivity contribution in [2.75, 3.05) is 18.9 Å². The molecule has 4 N–H and O–H groups in total. The quantitative estimate of drug-likeness (QED) is 0.731. The molecule has 2 aromatic heterocycles. The van der Waals surface area contributed by atoms with Gasteiger partial charge in [-0.1, -0.05) is 0 Å². The molecule has 1 aliphatic heterocycles. The fraction of sp³-hybridized carbons (Fsp3) is 0.462. The predicted octanol–water partition coefficient (Wildman–Crippen LogP) is -0.00640. The van der Waals surface area contributed by atoms with Crippen LogP contribution in [0, 0.1) is 0 Å². The number of fused-ring (bicyclic) bond motifs is 1. The Morgan fingerprint density at radius 2 is 2.32 bits per heavy atom. The van der Waals surface area contributed by atoms with Crippen molar-refractivity contribution in [1.82, 2.24) is 19.1 Å². The zero-order valence-corrected chi connectivity index (χ0v) is 12.7. The molecule has 0 saturated carbocycles. The van der Waals surface area contributed by atoms with Crippen molar-refractivity contribution in [3.8, 4) is 0 Å². The lowest BCUT2D eigenvalue weighted by Gasteiger charge is -2.19. The number of aliphatic hydroxyl groups is 2. The predicted molar refractivity (Wildman–Crippen MR) is 80.2 cm³/mol. The van der Waals surface area contributed by atoms with Crippen LogP contribution in [0.4, 0.5) is 5.82 Å². The van der Waals surface area contributed by atoms with E-state index < -0.39 is 6.10 Å². The monoisotopic (exact) mass is 323 g/mol. The van der Waals surface area contributed by atoms with Crippen LogP contribution in [0.15, 0.2) is 11.4 Å². The van der Waals surface area contributed by atoms with Gasteiger partial charge in [0.15, 0.2) is 0 Å². The van der Waals surface area contributed by atoms with Gasteiger partial charge in [0.2, 0.25) is 0 Å². The first-order valence-electron chi connectivity index (χ1n) is 6.95. The van der Waals surface area contributed by atoms with Crippen LogP contribution in [-0.2, 0) is 13.1 Å². The number of hydrogen-bond donors (Lipinski definition) is 3. The standard InChI is InChI=1S/C13H17N5O3S/c14-12-9(7-22-16-12)13(21)17-2-1-3-18-8(5-17)4-10(15-18)11(20)6-19/h4,7,11,19-20H,1-3,5-6H2,(H2,14,16)/t11-/m1/s1. The van der Waals surface area contributed by atoms with Crippen molar-refractivity contribution in [1.29, 1.82) is 0 Å². The Labute approximate surface area is 130 Å². The van der Waals surface area contributed by atoms with E-state index in [2.05, 4.69) is 9.47 Å². The largest absolute Gasteiger partial charge is 0.393 e. The van der Waals surface area contributed by atoms with Crippen LogP contribution in [0.1, 0.15) is 34.3 Å². The van der Waals surface area contributed by atoms with Gasteiger partial charge in [-0.05, 0) is 24.0 Å². The summed E-state index contributed by atoms with van der Waals surface area (Å²) in [6, 6.07) is 1.72. The van der Waals surface area contributed by atoms with Gasteiger partial charge in [0.1, 0.15) is 11.9 Å². The van der Waals surface area contributed by atoms with E-state index in [-0.39, 0.29) is 18.3 Å². The second kappa shape index (κ2) is 6.03. The van der Waals surface area contributed by atoms with E-state index in [4.69, 9.17) is 10.8 Å². The maximum atomic E-state index is 12.5. The van der Waals surface area contributed by atoms with Gasteiger partial charge in [-0.25, -0.2) is 0 Å². The molecule has 1 atom stereocenters. The minimum absolute atomic E-state index is 0.148. The number of nitrogen functional groups attached to an aromatic ring is 1. The van der Waals surface area contributed by atoms with Gasteiger partial charge in [-0.2, -0.15) is 9.47 Å². The molecule has 9 heteroatoms. The van der Waals surface area contributed by atoms with Crippen molar-refractivity contribution in [2.24, 2.45) is 0 Å². The van der Waals surface area contributed by atoms with E-state index in [0.717, 1.165) is 23.6 Å². The molecule has 0 spiro atoms. The molecule has 3 heterocycles. The van der Waals surface area contributed by atoms with Crippen molar-refractivity contribution in [2.45, 2.75) is 25.6 Å². The average Bonchev–Trinajstić information content (AvgIpc) is 3.06. The Hall–Kier alpha value is -1.97. The van der Waals surface area contributed by atoms with Crippen LogP contribution in [0.2, 0.25) is 0 Å². The van der Waals surface area contributed by atoms with Gasteiger partial charge in [-0.3, -0.25) is 9.48 Å². The molecule has 1 amide bonds. The first kappa shape index (κ1) is 14.9. The van der Waals surface area contributed by atoms with Crippen LogP contribution >= 0.6 is 11.5 Å². The summed E-state index contributed by atoms with van der Waals surface area (Å²) in [5.41, 5.74) is 7.39. The number of aromatic nitrogens is 3. The Balaban J connectivity index is 1.83. The summed E-state index contributed by atoms with van der Waals surface area (Å²) in [6.07, 6.45) is -0.243. The lowest BCUT2D eigenvalue weighted by atomic mass is 10.2. The number of anilines is 1. The highest BCUT2D eigenvalue weighted by atomic mass is 32.1. The highest BCUT2D eigenvalue weighted by Gasteiger charge is 2.24. The molecule has 0 fully saturated rings. The number of nitrogens with two attached hydrogens (primary N) is 1. The van der Waals surface area contributed by atoms with Crippen molar-refractivity contribution in [3.05, 3.63) is 28.4 Å². The third kappa shape index (κ3) is 2.70. The first-order valence-corrected chi connectivity index (χ1v) is 7.78. The number of carbonyl (C=O) groups is 1. The fourth-order valence-corrected chi connectivity index (χ4v) is 3.08. The summed E-state index contributed by atoms with van der Waals surface area (Å²) in [5.74, 6) is 0.106. The van der Waals surface area contributed by atoms with Crippen molar-refractivity contribution < 1.29 is 15.0 Å². The van der Waals surface area contributed by atoms with Crippen LogP contribution in [0.25, 0.3) is 0 Å². The molecular formula is C13H17N5O3S. The van der Waals surface area contributed by atoms with E-state index in [9.17, 15) is 9.90 Å². The van der Waals surface area contributed by atoms with Crippen molar-refractivity contribution >= 4 is 23.3 Å². The molecule has 0 radical (unpaired) electrons. The summed E-state index contributed by atoms with van der Waals surface area (Å²) in [4.78, 5) is 14.2. The number of rotatable bonds is 3. The van der Waals surface area contributed by atoms with Gasteiger partial charge in [0.25, 0.3) is 5.91 Å². The van der Waals surface area contributed by atoms with Crippen LogP contribution in [0.3, 0.4) is 0 Å². The van der Waals surface area contributed by atoms with Gasteiger partial charge < -0.3 is 20.8 Å². The maximum absolute atomic E-state index is 12.5. The van der Waals surface area contributed by atoms with Gasteiger partial charge in [0.05, 0.1) is 30.1 Å². The smallest absolute Gasteiger partial charge is 0.258 e. The molecule has 0 unspecified atom stereocenters. The third-order valence-corrected chi connectivity index (χ3v) is 4.31. The summed E-state index contributed by atoms with van der Waals surface area (Å²) in [5, 5.41) is 24.6. The van der Waals surface area contributed by atoms with E-state index in [0.29, 0.717) is 30.9 Å². The first-order chi connectivity index (χ1) is 10.6. The van der Waals surface area contributed by atoms with Crippen LogP contribution in [0.5, 0.6) is 0 Å². The molecule has 3 rings (SSSR count). The summed E-state index contributed by atoms with van der Waals surface area (Å²) >= 11 is 1.16. The molecule has 2 aromatic rings. The topological polar surface area (TPSA) is 118 Å². The van der Waals surface area contributed by atoms with Crippen LogP contribution < -0.4 is 5.73 Å². The van der Waals surface area contributed by atoms with Crippen LogP contribution in [-0.4, -0.2) is 48.3 Å². The molecule has 1 aliphatic rings. The number of nitrogens with zero attached hydrogens (tertiary/aromatic N) is 4. The third-order valence-electron chi connectivity index (χ3n) is 3.66. The average molecular weight is 323 g/mol. The van der Waals surface area contributed by atoms with E-state index in [1.165, 1.54) is 0 Å². The minimum Gasteiger partial charge on any atom is -0.393 e. The summed E-state index contributed by atoms with van der Waals surface area (Å²) in [6.45, 7) is 1.28. The highest BCUT2D eigenvalue weighted by molar-refractivity contribution is 7.04. The summed E-state index contributed by atoms with van der Waals surface area (Å²) in [7, 11) is 0. The number of aryl methyl sites for hydroxylation is 1. The number of aliphatic hydroxyl groups excluding tert-OH is 2. The molecule has 118 valence electrons. The number of amides is 1. The molecule has 0 aromatic carbocycles. The number of carbonyl (C=O) groups excluding carboxylic acids is 1. The lowest BCUT2D eigenvalue weighted by Crippen LogP contribution is -2.31. The van der Waals surface area contributed by atoms with E-state index in [1.807, 2.05) is 0 Å². The SMILES string of the molecule is Nc1nscc1C(=O)N1CCCn2nc([C@H](O)CO)cc2C1. The minimum atomic E-state index is -1.000. The summed E-state index contributed by atoms with van der Waals surface area (Å²) < 4.78 is 5.71. The van der Waals surface area contributed by atoms with Crippen molar-refractivity contribution in [3.63, 3.8) is 0 Å². The Morgan fingerprint density at radius 3 is 3.00 bits per heavy atom. The van der Waals surface area contributed by atoms with E-state index >= 15 is 0 Å². The fourth-order valence-electron chi connectivity index (χ4n) is 2.49. The Morgan fingerprint density at radius 1 is 1.50 bits per heavy atom. The van der Waals surface area contributed by atoms with E-state index in [1.54, 1.807) is 21.0 Å². The molecule has 0 bridgehead atoms. The molecular weight excluding hydrogens is 306 g/mol. The zero-order valence-electron chi connectivity index (χ0n) is 11.8. The van der Waals surface area contributed by atoms with Gasteiger partial charge in [-0.15, -0.1) is 0 Å². The normalized spacial score (nSPS) is 16.2. The molecule has 8 nitrogen and oxygen atoms in total. The van der Waals surface area contributed by atoms with Gasteiger partial charge in [0, 0.05) is 18.5 Å². The maximum Gasteiger partial charge on any atom is 0.258 e.